The van der Waals surface area contributed by atoms with E-state index >= 15 is 0 Å². The Labute approximate surface area is 385 Å². The van der Waals surface area contributed by atoms with Gasteiger partial charge in [-0.1, -0.05) is 183 Å². The average Bonchev–Trinajstić information content (AvgIpc) is 3.72. The van der Waals surface area contributed by atoms with Gasteiger partial charge in [0.2, 0.25) is 0 Å². The molecule has 0 saturated carbocycles. The van der Waals surface area contributed by atoms with Crippen LogP contribution in [0, 0.1) is 34.6 Å². The van der Waals surface area contributed by atoms with Crippen LogP contribution in [0.15, 0.2) is 212 Å². The summed E-state index contributed by atoms with van der Waals surface area (Å²) in [5.41, 5.74) is 19.1. The van der Waals surface area contributed by atoms with Gasteiger partial charge in [0.05, 0.1) is 0 Å². The van der Waals surface area contributed by atoms with Crippen LogP contribution in [0.25, 0.3) is 53.6 Å². The van der Waals surface area contributed by atoms with Crippen molar-refractivity contribution in [2.75, 3.05) is 4.90 Å². The SMILES string of the molecule is CC(C)c1ccccc1.Cc1ccc(-c2ccc(N(c3ccccc3)c3ccccc3)cc2)cc1-c1ccc(C)c(-c2ccc3c(sc4ccccc43)c2C)c1C.Cc1ccccc1. The second-order valence-corrected chi connectivity index (χ2v) is 18.0. The number of thiophene rings is 1. The number of anilines is 3. The van der Waals surface area contributed by atoms with Gasteiger partial charge in [-0.3, -0.25) is 0 Å². The lowest BCUT2D eigenvalue weighted by atomic mass is 9.85. The minimum absolute atomic E-state index is 0.659. The number of hydrogen-bond acceptors (Lipinski definition) is 2. The zero-order valence-corrected chi connectivity index (χ0v) is 39.0. The van der Waals surface area contributed by atoms with Gasteiger partial charge in [0.25, 0.3) is 0 Å². The summed E-state index contributed by atoms with van der Waals surface area (Å²) >= 11 is 1.91. The van der Waals surface area contributed by atoms with Gasteiger partial charge >= 0.3 is 0 Å². The summed E-state index contributed by atoms with van der Waals surface area (Å²) in [7, 11) is 0. The van der Waals surface area contributed by atoms with E-state index in [1.54, 1.807) is 0 Å². The van der Waals surface area contributed by atoms with Crippen LogP contribution < -0.4 is 4.90 Å². The fourth-order valence-electron chi connectivity index (χ4n) is 8.62. The number of hydrogen-bond donors (Lipinski definition) is 0. The molecule has 0 aliphatic heterocycles. The molecule has 0 radical (unpaired) electrons. The van der Waals surface area contributed by atoms with Gasteiger partial charge in [-0.25, -0.2) is 0 Å². The van der Waals surface area contributed by atoms with Crippen LogP contribution in [0.1, 0.15) is 53.1 Å². The Morgan fingerprint density at radius 1 is 0.391 bits per heavy atom. The normalized spacial score (nSPS) is 10.9. The molecule has 0 aliphatic carbocycles. The molecular weight excluding hydrogens is 791 g/mol. The van der Waals surface area contributed by atoms with Crippen molar-refractivity contribution in [2.24, 2.45) is 0 Å². The summed E-state index contributed by atoms with van der Waals surface area (Å²) < 4.78 is 2.74. The molecule has 316 valence electrons. The fourth-order valence-corrected chi connectivity index (χ4v) is 9.82. The molecule has 0 bridgehead atoms. The topological polar surface area (TPSA) is 3.24 Å². The summed E-state index contributed by atoms with van der Waals surface area (Å²) in [6.45, 7) is 15.6. The van der Waals surface area contributed by atoms with E-state index in [4.69, 9.17) is 0 Å². The smallest absolute Gasteiger partial charge is 0.0462 e. The third kappa shape index (κ3) is 9.64. The Morgan fingerprint density at radius 3 is 1.48 bits per heavy atom. The molecule has 0 saturated heterocycles. The predicted octanol–water partition coefficient (Wildman–Crippen LogP) is 18.6. The van der Waals surface area contributed by atoms with Crippen LogP contribution in [0.4, 0.5) is 17.1 Å². The van der Waals surface area contributed by atoms with Gasteiger partial charge in [0.15, 0.2) is 0 Å². The number of fused-ring (bicyclic) bond motifs is 3. The van der Waals surface area contributed by atoms with E-state index in [0.717, 1.165) is 17.1 Å². The lowest BCUT2D eigenvalue weighted by Crippen LogP contribution is -2.09. The molecule has 0 fully saturated rings. The molecule has 64 heavy (non-hydrogen) atoms. The molecule has 10 rings (SSSR count). The molecule has 0 unspecified atom stereocenters. The third-order valence-corrected chi connectivity index (χ3v) is 13.5. The maximum Gasteiger partial charge on any atom is 0.0462 e. The predicted molar refractivity (Wildman–Crippen MR) is 281 cm³/mol. The van der Waals surface area contributed by atoms with E-state index in [2.05, 4.69) is 241 Å². The van der Waals surface area contributed by atoms with Crippen LogP contribution in [0.5, 0.6) is 0 Å². The molecular formula is C62H57NS. The van der Waals surface area contributed by atoms with Gasteiger partial charge in [-0.05, 0) is 150 Å². The second-order valence-electron chi connectivity index (χ2n) is 16.9. The summed E-state index contributed by atoms with van der Waals surface area (Å²) in [6.07, 6.45) is 0. The van der Waals surface area contributed by atoms with Gasteiger partial charge in [0.1, 0.15) is 0 Å². The standard InChI is InChI=1S/C46H37NS.C9H12.C7H8/c1-30-19-21-35(34-22-24-38(25-23-34)47(36-13-7-5-8-14-36)37-15-9-6-10-16-37)29-43(30)39-26-20-31(2)45(32(39)3)40-27-28-42-41-17-11-12-18-44(41)48-46(42)33(40)4;1-8(2)9-6-4-3-5-7-9;1-7-5-3-2-4-6-7/h5-29H,1-4H3;3-8H,1-2H3;2-6H,1H3. The number of aryl methyl sites for hydroxylation is 4. The van der Waals surface area contributed by atoms with Gasteiger partial charge in [-0.2, -0.15) is 0 Å². The van der Waals surface area contributed by atoms with Crippen LogP contribution in [-0.4, -0.2) is 0 Å². The number of rotatable bonds is 7. The van der Waals surface area contributed by atoms with Crippen LogP contribution in [0.2, 0.25) is 0 Å². The molecule has 10 aromatic rings. The molecule has 0 N–H and O–H groups in total. The highest BCUT2D eigenvalue weighted by atomic mass is 32.1. The Morgan fingerprint density at radius 2 is 0.906 bits per heavy atom. The summed E-state index contributed by atoms with van der Waals surface area (Å²) in [6, 6.07) is 75.8. The quantitative estimate of drug-likeness (QED) is 0.154. The van der Waals surface area contributed by atoms with Crippen molar-refractivity contribution in [3.8, 4) is 33.4 Å². The maximum atomic E-state index is 2.37. The summed E-state index contributed by atoms with van der Waals surface area (Å²) in [5, 5.41) is 2.70. The monoisotopic (exact) mass is 847 g/mol. The van der Waals surface area contributed by atoms with Gasteiger partial charge in [0, 0.05) is 37.2 Å². The van der Waals surface area contributed by atoms with Crippen molar-refractivity contribution in [3.05, 3.63) is 246 Å². The van der Waals surface area contributed by atoms with Crippen molar-refractivity contribution in [2.45, 2.75) is 54.4 Å². The van der Waals surface area contributed by atoms with E-state index in [1.165, 1.54) is 86.9 Å². The molecule has 1 aromatic heterocycles. The average molecular weight is 848 g/mol. The lowest BCUT2D eigenvalue weighted by Gasteiger charge is -2.25. The number of nitrogens with zero attached hydrogens (tertiary/aromatic N) is 1. The second kappa shape index (κ2) is 20.0. The van der Waals surface area contributed by atoms with Gasteiger partial charge in [-0.15, -0.1) is 11.3 Å². The molecule has 0 aliphatic rings. The minimum atomic E-state index is 0.659. The largest absolute Gasteiger partial charge is 0.311 e. The van der Waals surface area contributed by atoms with Crippen LogP contribution in [-0.2, 0) is 0 Å². The van der Waals surface area contributed by atoms with Gasteiger partial charge < -0.3 is 4.90 Å². The Hall–Kier alpha value is -7.00. The highest BCUT2D eigenvalue weighted by Gasteiger charge is 2.18. The van der Waals surface area contributed by atoms with E-state index < -0.39 is 0 Å². The third-order valence-electron chi connectivity index (χ3n) is 12.2. The van der Waals surface area contributed by atoms with Crippen LogP contribution >= 0.6 is 11.3 Å². The first kappa shape index (κ1) is 43.6. The minimum Gasteiger partial charge on any atom is -0.311 e. The van der Waals surface area contributed by atoms with Crippen molar-refractivity contribution in [1.29, 1.82) is 0 Å². The lowest BCUT2D eigenvalue weighted by molar-refractivity contribution is 0.867. The van der Waals surface area contributed by atoms with Crippen molar-refractivity contribution in [3.63, 3.8) is 0 Å². The van der Waals surface area contributed by atoms with E-state index in [0.29, 0.717) is 5.92 Å². The Balaban J connectivity index is 0.000000294. The molecule has 1 heterocycles. The first-order valence-electron chi connectivity index (χ1n) is 22.4. The highest BCUT2D eigenvalue weighted by molar-refractivity contribution is 7.26. The summed E-state index contributed by atoms with van der Waals surface area (Å²) in [5.74, 6) is 0.659. The Bertz CT molecular complexity index is 3050. The summed E-state index contributed by atoms with van der Waals surface area (Å²) in [4.78, 5) is 2.31. The van der Waals surface area contributed by atoms with E-state index in [1.807, 2.05) is 35.6 Å². The van der Waals surface area contributed by atoms with E-state index in [9.17, 15) is 0 Å². The first-order valence-corrected chi connectivity index (χ1v) is 23.2. The zero-order chi connectivity index (χ0) is 44.6. The molecule has 0 spiro atoms. The van der Waals surface area contributed by atoms with Crippen molar-refractivity contribution in [1.82, 2.24) is 0 Å². The molecule has 2 heteroatoms. The van der Waals surface area contributed by atoms with Crippen LogP contribution in [0.3, 0.4) is 0 Å². The van der Waals surface area contributed by atoms with Crippen molar-refractivity contribution >= 4 is 48.6 Å². The van der Waals surface area contributed by atoms with E-state index in [-0.39, 0.29) is 0 Å². The van der Waals surface area contributed by atoms with Crippen molar-refractivity contribution < 1.29 is 0 Å². The Kier molecular flexibility index (Phi) is 13.6. The molecule has 1 nitrogen and oxygen atoms in total. The maximum absolute atomic E-state index is 2.37. The molecule has 0 amide bonds. The first-order chi connectivity index (χ1) is 31.2. The molecule has 9 aromatic carbocycles. The molecule has 0 atom stereocenters. The fraction of sp³-hybridized carbons (Fsp3) is 0.129. The zero-order valence-electron chi connectivity index (χ0n) is 38.1. The highest BCUT2D eigenvalue weighted by Crippen LogP contribution is 2.43. The number of benzene rings is 9. The number of para-hydroxylation sites is 2.